The molecule has 0 aliphatic carbocycles. The highest BCUT2D eigenvalue weighted by molar-refractivity contribution is 8.00. The van der Waals surface area contributed by atoms with Crippen molar-refractivity contribution in [1.82, 2.24) is 10.2 Å². The van der Waals surface area contributed by atoms with Gasteiger partial charge in [-0.1, -0.05) is 0 Å². The lowest BCUT2D eigenvalue weighted by atomic mass is 10.3. The minimum atomic E-state index is -0.155. The molecule has 124 valence electrons. The molecule has 0 aromatic heterocycles. The third-order valence-electron chi connectivity index (χ3n) is 3.12. The van der Waals surface area contributed by atoms with E-state index in [2.05, 4.69) is 10.2 Å². The maximum absolute atomic E-state index is 12.1. The van der Waals surface area contributed by atoms with E-state index in [1.165, 1.54) is 11.8 Å². The average Bonchev–Trinajstić information content (AvgIpc) is 2.50. The van der Waals surface area contributed by atoms with Crippen LogP contribution < -0.4 is 14.8 Å². The SMILES string of the molecule is COc1ccc(SC(C)C(=O)NCCCN(C)C)cc1OC. The van der Waals surface area contributed by atoms with Gasteiger partial charge in [0.05, 0.1) is 19.5 Å². The van der Waals surface area contributed by atoms with E-state index in [-0.39, 0.29) is 11.2 Å². The van der Waals surface area contributed by atoms with Crippen molar-refractivity contribution in [3.63, 3.8) is 0 Å². The maximum Gasteiger partial charge on any atom is 0.233 e. The Labute approximate surface area is 137 Å². The molecule has 5 nitrogen and oxygen atoms in total. The van der Waals surface area contributed by atoms with Crippen LogP contribution in [0, 0.1) is 0 Å². The molecule has 0 aliphatic heterocycles. The number of methoxy groups -OCH3 is 2. The first-order valence-corrected chi connectivity index (χ1v) is 8.17. The Morgan fingerprint density at radius 3 is 2.55 bits per heavy atom. The van der Waals surface area contributed by atoms with E-state index in [9.17, 15) is 4.79 Å². The molecule has 1 unspecified atom stereocenters. The molecule has 0 saturated carbocycles. The van der Waals surface area contributed by atoms with Crippen molar-refractivity contribution in [2.24, 2.45) is 0 Å². The second-order valence-corrected chi connectivity index (χ2v) is 6.64. The van der Waals surface area contributed by atoms with Crippen LogP contribution in [0.2, 0.25) is 0 Å². The standard InChI is InChI=1S/C16H26N2O3S/c1-12(16(19)17-9-6-10-18(2)3)22-13-7-8-14(20-4)15(11-13)21-5/h7-8,11-12H,6,9-10H2,1-5H3,(H,17,19). The van der Waals surface area contributed by atoms with Crippen LogP contribution in [0.4, 0.5) is 0 Å². The second kappa shape index (κ2) is 9.58. The van der Waals surface area contributed by atoms with Gasteiger partial charge in [0.1, 0.15) is 0 Å². The van der Waals surface area contributed by atoms with Gasteiger partial charge in [0.2, 0.25) is 5.91 Å². The average molecular weight is 326 g/mol. The molecule has 0 spiro atoms. The topological polar surface area (TPSA) is 50.8 Å². The predicted octanol–water partition coefficient (Wildman–Crippen LogP) is 2.25. The molecule has 1 amide bonds. The number of carbonyl (C=O) groups is 1. The van der Waals surface area contributed by atoms with Gasteiger partial charge in [-0.15, -0.1) is 11.8 Å². The molecule has 1 aromatic rings. The number of ether oxygens (including phenoxy) is 2. The molecule has 0 aliphatic rings. The Hall–Kier alpha value is -1.40. The zero-order chi connectivity index (χ0) is 16.5. The molecule has 0 heterocycles. The third kappa shape index (κ3) is 6.15. The smallest absolute Gasteiger partial charge is 0.233 e. The molecule has 6 heteroatoms. The Balaban J connectivity index is 2.50. The number of benzene rings is 1. The Kier molecular flexibility index (Phi) is 8.12. The summed E-state index contributed by atoms with van der Waals surface area (Å²) < 4.78 is 10.5. The number of hydrogen-bond acceptors (Lipinski definition) is 5. The van der Waals surface area contributed by atoms with Gasteiger partial charge in [0.15, 0.2) is 11.5 Å². The van der Waals surface area contributed by atoms with Crippen LogP contribution in [0.15, 0.2) is 23.1 Å². The van der Waals surface area contributed by atoms with Gasteiger partial charge in [-0.2, -0.15) is 0 Å². The van der Waals surface area contributed by atoms with Gasteiger partial charge < -0.3 is 19.7 Å². The Morgan fingerprint density at radius 1 is 1.27 bits per heavy atom. The van der Waals surface area contributed by atoms with Crippen molar-refractivity contribution in [3.05, 3.63) is 18.2 Å². The van der Waals surface area contributed by atoms with E-state index in [1.54, 1.807) is 14.2 Å². The van der Waals surface area contributed by atoms with Crippen molar-refractivity contribution in [3.8, 4) is 11.5 Å². The fourth-order valence-electron chi connectivity index (χ4n) is 1.90. The highest BCUT2D eigenvalue weighted by Crippen LogP contribution is 2.33. The lowest BCUT2D eigenvalue weighted by Crippen LogP contribution is -2.32. The zero-order valence-electron chi connectivity index (χ0n) is 14.0. The zero-order valence-corrected chi connectivity index (χ0v) is 14.8. The van der Waals surface area contributed by atoms with E-state index in [1.807, 2.05) is 39.2 Å². The maximum atomic E-state index is 12.1. The number of nitrogens with one attached hydrogen (secondary N) is 1. The first-order valence-electron chi connectivity index (χ1n) is 7.29. The number of thioether (sulfide) groups is 1. The largest absolute Gasteiger partial charge is 0.493 e. The monoisotopic (exact) mass is 326 g/mol. The number of hydrogen-bond donors (Lipinski definition) is 1. The van der Waals surface area contributed by atoms with Gasteiger partial charge in [0.25, 0.3) is 0 Å². The summed E-state index contributed by atoms with van der Waals surface area (Å²) in [4.78, 5) is 15.2. The van der Waals surface area contributed by atoms with Crippen molar-refractivity contribution in [2.45, 2.75) is 23.5 Å². The molecular formula is C16H26N2O3S. The summed E-state index contributed by atoms with van der Waals surface area (Å²) in [6.45, 7) is 3.58. The highest BCUT2D eigenvalue weighted by atomic mass is 32.2. The minimum absolute atomic E-state index is 0.0542. The summed E-state index contributed by atoms with van der Waals surface area (Å²) in [6, 6.07) is 5.67. The van der Waals surface area contributed by atoms with E-state index in [0.29, 0.717) is 18.0 Å². The second-order valence-electron chi connectivity index (χ2n) is 5.22. The molecule has 0 radical (unpaired) electrons. The summed E-state index contributed by atoms with van der Waals surface area (Å²) >= 11 is 1.51. The van der Waals surface area contributed by atoms with E-state index in [4.69, 9.17) is 9.47 Å². The molecule has 22 heavy (non-hydrogen) atoms. The number of amides is 1. The van der Waals surface area contributed by atoms with E-state index < -0.39 is 0 Å². The predicted molar refractivity (Wildman–Crippen MR) is 91.0 cm³/mol. The van der Waals surface area contributed by atoms with Crippen LogP contribution in [-0.2, 0) is 4.79 Å². The van der Waals surface area contributed by atoms with Crippen molar-refractivity contribution in [2.75, 3.05) is 41.4 Å². The van der Waals surface area contributed by atoms with Crippen LogP contribution in [0.1, 0.15) is 13.3 Å². The van der Waals surface area contributed by atoms with Crippen molar-refractivity contribution in [1.29, 1.82) is 0 Å². The van der Waals surface area contributed by atoms with Crippen LogP contribution in [0.25, 0.3) is 0 Å². The molecule has 0 saturated heterocycles. The number of carbonyl (C=O) groups excluding carboxylic acids is 1. The molecule has 1 N–H and O–H groups in total. The fraction of sp³-hybridized carbons (Fsp3) is 0.562. The van der Waals surface area contributed by atoms with E-state index in [0.717, 1.165) is 17.9 Å². The summed E-state index contributed by atoms with van der Waals surface area (Å²) in [5.41, 5.74) is 0. The molecular weight excluding hydrogens is 300 g/mol. The molecule has 1 atom stereocenters. The number of rotatable bonds is 9. The van der Waals surface area contributed by atoms with Gasteiger partial charge in [-0.05, 0) is 52.2 Å². The summed E-state index contributed by atoms with van der Waals surface area (Å²) in [5.74, 6) is 1.41. The third-order valence-corrected chi connectivity index (χ3v) is 4.21. The minimum Gasteiger partial charge on any atom is -0.493 e. The lowest BCUT2D eigenvalue weighted by molar-refractivity contribution is -0.120. The van der Waals surface area contributed by atoms with Crippen LogP contribution in [-0.4, -0.2) is 57.5 Å². The first-order chi connectivity index (χ1) is 10.5. The number of nitrogens with zero attached hydrogens (tertiary/aromatic N) is 1. The highest BCUT2D eigenvalue weighted by Gasteiger charge is 2.15. The molecule has 1 aromatic carbocycles. The lowest BCUT2D eigenvalue weighted by Gasteiger charge is -2.14. The van der Waals surface area contributed by atoms with Crippen molar-refractivity contribution >= 4 is 17.7 Å². The first kappa shape index (κ1) is 18.6. The van der Waals surface area contributed by atoms with Crippen molar-refractivity contribution < 1.29 is 14.3 Å². The fourth-order valence-corrected chi connectivity index (χ4v) is 2.82. The normalized spacial score (nSPS) is 12.1. The van der Waals surface area contributed by atoms with E-state index >= 15 is 0 Å². The molecule has 0 bridgehead atoms. The van der Waals surface area contributed by atoms with Gasteiger partial charge >= 0.3 is 0 Å². The summed E-state index contributed by atoms with van der Waals surface area (Å²) in [5, 5.41) is 2.81. The van der Waals surface area contributed by atoms with Gasteiger partial charge in [-0.25, -0.2) is 0 Å². The summed E-state index contributed by atoms with van der Waals surface area (Å²) in [6.07, 6.45) is 0.951. The Bertz CT molecular complexity index is 480. The molecule has 0 fully saturated rings. The quantitative estimate of drug-likeness (QED) is 0.557. The Morgan fingerprint density at radius 2 is 1.95 bits per heavy atom. The van der Waals surface area contributed by atoms with Crippen LogP contribution >= 0.6 is 11.8 Å². The van der Waals surface area contributed by atoms with Gasteiger partial charge in [0, 0.05) is 11.4 Å². The van der Waals surface area contributed by atoms with Gasteiger partial charge in [-0.3, -0.25) is 4.79 Å². The summed E-state index contributed by atoms with van der Waals surface area (Å²) in [7, 11) is 7.26. The van der Waals surface area contributed by atoms with Crippen LogP contribution in [0.5, 0.6) is 11.5 Å². The van der Waals surface area contributed by atoms with Crippen LogP contribution in [0.3, 0.4) is 0 Å². The molecule has 1 rings (SSSR count).